The maximum absolute atomic E-state index is 12.4. The number of carbonyl (C=O) groups is 1. The molecule has 0 aliphatic carbocycles. The van der Waals surface area contributed by atoms with Crippen LogP contribution in [-0.4, -0.2) is 27.2 Å². The van der Waals surface area contributed by atoms with Gasteiger partial charge in [-0.2, -0.15) is 0 Å². The van der Waals surface area contributed by atoms with Gasteiger partial charge in [0, 0.05) is 54.0 Å². The Kier molecular flexibility index (Phi) is 5.06. The Bertz CT molecular complexity index is 1350. The molecule has 0 aliphatic rings. The summed E-state index contributed by atoms with van der Waals surface area (Å²) in [7, 11) is 0. The zero-order valence-corrected chi connectivity index (χ0v) is 16.7. The van der Waals surface area contributed by atoms with Crippen LogP contribution >= 0.6 is 0 Å². The van der Waals surface area contributed by atoms with E-state index in [1.54, 1.807) is 18.5 Å². The van der Waals surface area contributed by atoms with Crippen LogP contribution in [0.3, 0.4) is 0 Å². The highest BCUT2D eigenvalue weighted by Crippen LogP contribution is 2.25. The van der Waals surface area contributed by atoms with Gasteiger partial charge < -0.3 is 19.1 Å². The zero-order chi connectivity index (χ0) is 21.0. The smallest absolute Gasteiger partial charge is 0.273 e. The first-order valence-electron chi connectivity index (χ1n) is 10.0. The van der Waals surface area contributed by atoms with Crippen molar-refractivity contribution in [3.05, 3.63) is 90.7 Å². The Balaban J connectivity index is 1.17. The monoisotopic (exact) mass is 412 g/mol. The number of fused-ring (bicyclic) bond motifs is 2. The predicted molar refractivity (Wildman–Crippen MR) is 117 cm³/mol. The molecule has 7 heteroatoms. The van der Waals surface area contributed by atoms with Gasteiger partial charge in [0.1, 0.15) is 12.4 Å². The van der Waals surface area contributed by atoms with Crippen molar-refractivity contribution < 1.29 is 14.1 Å². The maximum atomic E-state index is 12.4. The van der Waals surface area contributed by atoms with Crippen LogP contribution < -0.4 is 10.1 Å². The molecule has 3 aromatic heterocycles. The SMILES string of the molecule is O=C(NCCn1ccc2ccccc21)c1cc(COc2cccc3cnccc23)on1. The van der Waals surface area contributed by atoms with Crippen molar-refractivity contribution in [3.63, 3.8) is 0 Å². The molecule has 0 saturated heterocycles. The molecular weight excluding hydrogens is 392 g/mol. The molecule has 0 spiro atoms. The number of ether oxygens (including phenoxy) is 1. The molecular formula is C24H20N4O3. The summed E-state index contributed by atoms with van der Waals surface area (Å²) in [6.07, 6.45) is 5.53. The molecule has 0 bridgehead atoms. The standard InChI is InChI=1S/C24H20N4O3/c29-24(26-11-13-28-12-9-17-4-1-2-6-22(17)28)21-14-19(31-27-21)16-30-23-7-3-5-18-15-25-10-8-20(18)23/h1-10,12,14-15H,11,13,16H2,(H,26,29). The van der Waals surface area contributed by atoms with Crippen molar-refractivity contribution in [3.8, 4) is 5.75 Å². The van der Waals surface area contributed by atoms with Crippen LogP contribution in [0.15, 0.2) is 83.8 Å². The van der Waals surface area contributed by atoms with Crippen molar-refractivity contribution in [1.29, 1.82) is 0 Å². The largest absolute Gasteiger partial charge is 0.485 e. The van der Waals surface area contributed by atoms with Gasteiger partial charge in [-0.05, 0) is 29.7 Å². The molecule has 31 heavy (non-hydrogen) atoms. The topological polar surface area (TPSA) is 82.2 Å². The molecule has 1 amide bonds. The molecule has 1 N–H and O–H groups in total. The molecule has 0 radical (unpaired) electrons. The van der Waals surface area contributed by atoms with E-state index in [2.05, 4.69) is 38.2 Å². The number of pyridine rings is 1. The van der Waals surface area contributed by atoms with Crippen molar-refractivity contribution in [2.75, 3.05) is 6.54 Å². The Morgan fingerprint density at radius 1 is 1.06 bits per heavy atom. The fourth-order valence-electron chi connectivity index (χ4n) is 3.57. The summed E-state index contributed by atoms with van der Waals surface area (Å²) in [6, 6.07) is 19.5. The molecule has 3 heterocycles. The minimum Gasteiger partial charge on any atom is -0.485 e. The summed E-state index contributed by atoms with van der Waals surface area (Å²) in [5.74, 6) is 0.927. The van der Waals surface area contributed by atoms with E-state index in [-0.39, 0.29) is 18.2 Å². The number of para-hydroxylation sites is 1. The third-order valence-corrected chi connectivity index (χ3v) is 5.12. The molecule has 7 nitrogen and oxygen atoms in total. The van der Waals surface area contributed by atoms with Gasteiger partial charge in [-0.15, -0.1) is 0 Å². The second-order valence-corrected chi connectivity index (χ2v) is 7.14. The fourth-order valence-corrected chi connectivity index (χ4v) is 3.57. The number of nitrogens with one attached hydrogen (secondary N) is 1. The van der Waals surface area contributed by atoms with Crippen LogP contribution in [0, 0.1) is 0 Å². The summed E-state index contributed by atoms with van der Waals surface area (Å²) >= 11 is 0. The van der Waals surface area contributed by atoms with Gasteiger partial charge in [-0.25, -0.2) is 0 Å². The molecule has 2 aromatic carbocycles. The summed E-state index contributed by atoms with van der Waals surface area (Å²) in [4.78, 5) is 16.5. The van der Waals surface area contributed by atoms with E-state index in [1.165, 1.54) is 5.39 Å². The molecule has 5 aromatic rings. The minimum atomic E-state index is -0.275. The second-order valence-electron chi connectivity index (χ2n) is 7.14. The van der Waals surface area contributed by atoms with E-state index >= 15 is 0 Å². The molecule has 154 valence electrons. The van der Waals surface area contributed by atoms with Crippen LogP contribution in [0.2, 0.25) is 0 Å². The quantitative estimate of drug-likeness (QED) is 0.434. The lowest BCUT2D eigenvalue weighted by Gasteiger charge is -2.07. The molecule has 0 saturated carbocycles. The predicted octanol–water partition coefficient (Wildman–Crippen LogP) is 4.19. The van der Waals surface area contributed by atoms with Crippen LogP contribution in [-0.2, 0) is 13.2 Å². The fraction of sp³-hybridized carbons (Fsp3) is 0.125. The van der Waals surface area contributed by atoms with Gasteiger partial charge in [-0.3, -0.25) is 9.78 Å². The first-order chi connectivity index (χ1) is 15.3. The van der Waals surface area contributed by atoms with E-state index in [1.807, 2.05) is 42.6 Å². The normalized spacial score (nSPS) is 11.1. The van der Waals surface area contributed by atoms with Gasteiger partial charge in [0.2, 0.25) is 0 Å². The Morgan fingerprint density at radius 2 is 1.97 bits per heavy atom. The third-order valence-electron chi connectivity index (χ3n) is 5.12. The average molecular weight is 412 g/mol. The van der Waals surface area contributed by atoms with Gasteiger partial charge >= 0.3 is 0 Å². The maximum Gasteiger partial charge on any atom is 0.273 e. The summed E-state index contributed by atoms with van der Waals surface area (Å²) in [5, 5.41) is 9.89. The van der Waals surface area contributed by atoms with Crippen molar-refractivity contribution in [2.45, 2.75) is 13.2 Å². The third kappa shape index (κ3) is 3.98. The number of rotatable bonds is 7. The highest BCUT2D eigenvalue weighted by molar-refractivity contribution is 5.92. The number of amides is 1. The van der Waals surface area contributed by atoms with Crippen LogP contribution in [0.25, 0.3) is 21.7 Å². The van der Waals surface area contributed by atoms with Gasteiger partial charge in [0.15, 0.2) is 11.5 Å². The number of carbonyl (C=O) groups excluding carboxylic acids is 1. The molecule has 0 aliphatic heterocycles. The van der Waals surface area contributed by atoms with Gasteiger partial charge in [0.05, 0.1) is 0 Å². The average Bonchev–Trinajstić information content (AvgIpc) is 3.45. The van der Waals surface area contributed by atoms with Crippen LogP contribution in [0.1, 0.15) is 16.2 Å². The highest BCUT2D eigenvalue weighted by atomic mass is 16.5. The van der Waals surface area contributed by atoms with Crippen LogP contribution in [0.5, 0.6) is 5.75 Å². The highest BCUT2D eigenvalue weighted by Gasteiger charge is 2.13. The lowest BCUT2D eigenvalue weighted by Crippen LogP contribution is -2.27. The van der Waals surface area contributed by atoms with Crippen molar-refractivity contribution >= 4 is 27.6 Å². The summed E-state index contributed by atoms with van der Waals surface area (Å²) in [6.45, 7) is 1.33. The Morgan fingerprint density at radius 3 is 2.94 bits per heavy atom. The Labute approximate surface area is 178 Å². The van der Waals surface area contributed by atoms with Crippen molar-refractivity contribution in [2.24, 2.45) is 0 Å². The lowest BCUT2D eigenvalue weighted by molar-refractivity contribution is 0.0943. The molecule has 0 fully saturated rings. The number of benzene rings is 2. The first-order valence-corrected chi connectivity index (χ1v) is 10.0. The minimum absolute atomic E-state index is 0.178. The first kappa shape index (κ1) is 18.9. The Hall–Kier alpha value is -4.13. The zero-order valence-electron chi connectivity index (χ0n) is 16.7. The van der Waals surface area contributed by atoms with E-state index in [4.69, 9.17) is 9.26 Å². The second kappa shape index (κ2) is 8.31. The number of hydrogen-bond acceptors (Lipinski definition) is 5. The number of hydrogen-bond donors (Lipinski definition) is 1. The van der Waals surface area contributed by atoms with Crippen LogP contribution in [0.4, 0.5) is 0 Å². The van der Waals surface area contributed by atoms with Gasteiger partial charge in [-0.1, -0.05) is 35.5 Å². The summed E-state index contributed by atoms with van der Waals surface area (Å²) in [5.41, 5.74) is 1.37. The van der Waals surface area contributed by atoms with Gasteiger partial charge in [0.25, 0.3) is 5.91 Å². The van der Waals surface area contributed by atoms with Crippen molar-refractivity contribution in [1.82, 2.24) is 20.0 Å². The number of aromatic nitrogens is 3. The number of nitrogens with zero attached hydrogens (tertiary/aromatic N) is 3. The van der Waals surface area contributed by atoms with E-state index in [0.717, 1.165) is 22.0 Å². The van der Waals surface area contributed by atoms with E-state index < -0.39 is 0 Å². The molecule has 0 atom stereocenters. The lowest BCUT2D eigenvalue weighted by atomic mass is 10.1. The molecule has 5 rings (SSSR count). The van der Waals surface area contributed by atoms with E-state index in [9.17, 15) is 4.79 Å². The van der Waals surface area contributed by atoms with E-state index in [0.29, 0.717) is 18.8 Å². The summed E-state index contributed by atoms with van der Waals surface area (Å²) < 4.78 is 13.3. The molecule has 0 unspecified atom stereocenters.